The molecular formula is C14H28O. The standard InChI is InChI=1S/C14H28O/c1-9(2)14-10(3)7-8-13(11(14)4)12(5)15-6/h9-14H,7-8H2,1-6H3. The Morgan fingerprint density at radius 1 is 1.07 bits per heavy atom. The number of hydrogen-bond acceptors (Lipinski definition) is 1. The molecule has 1 heteroatoms. The molecule has 1 rings (SSSR count). The number of hydrogen-bond donors (Lipinski definition) is 0. The summed E-state index contributed by atoms with van der Waals surface area (Å²) in [6.07, 6.45) is 3.15. The van der Waals surface area contributed by atoms with Crippen molar-refractivity contribution in [3.8, 4) is 0 Å². The molecule has 5 unspecified atom stereocenters. The van der Waals surface area contributed by atoms with Gasteiger partial charge >= 0.3 is 0 Å². The van der Waals surface area contributed by atoms with Crippen LogP contribution >= 0.6 is 0 Å². The van der Waals surface area contributed by atoms with Crippen molar-refractivity contribution in [1.82, 2.24) is 0 Å². The van der Waals surface area contributed by atoms with E-state index in [1.807, 2.05) is 7.11 Å². The number of methoxy groups -OCH3 is 1. The van der Waals surface area contributed by atoms with E-state index in [-0.39, 0.29) is 0 Å². The second-order valence-electron chi connectivity index (χ2n) is 5.84. The Morgan fingerprint density at radius 2 is 1.67 bits per heavy atom. The SMILES string of the molecule is COC(C)C1CCC(C)C(C(C)C)C1C. The Bertz CT molecular complexity index is 188. The van der Waals surface area contributed by atoms with Gasteiger partial charge in [0, 0.05) is 7.11 Å². The molecule has 0 amide bonds. The summed E-state index contributed by atoms with van der Waals surface area (Å²) in [6.45, 7) is 11.8. The van der Waals surface area contributed by atoms with Crippen LogP contribution in [-0.4, -0.2) is 13.2 Å². The average molecular weight is 212 g/mol. The maximum absolute atomic E-state index is 5.52. The van der Waals surface area contributed by atoms with Crippen molar-refractivity contribution in [2.45, 2.75) is 53.6 Å². The lowest BCUT2D eigenvalue weighted by atomic mass is 9.63. The highest BCUT2D eigenvalue weighted by atomic mass is 16.5. The van der Waals surface area contributed by atoms with Crippen LogP contribution in [0.2, 0.25) is 0 Å². The van der Waals surface area contributed by atoms with Crippen molar-refractivity contribution in [1.29, 1.82) is 0 Å². The van der Waals surface area contributed by atoms with Gasteiger partial charge in [-0.1, -0.05) is 34.1 Å². The van der Waals surface area contributed by atoms with E-state index in [1.165, 1.54) is 12.8 Å². The van der Waals surface area contributed by atoms with E-state index in [9.17, 15) is 0 Å². The summed E-state index contributed by atoms with van der Waals surface area (Å²) in [5.74, 6) is 4.14. The van der Waals surface area contributed by atoms with Crippen molar-refractivity contribution in [2.75, 3.05) is 7.11 Å². The lowest BCUT2D eigenvalue weighted by Gasteiger charge is -2.44. The summed E-state index contributed by atoms with van der Waals surface area (Å²) >= 11 is 0. The van der Waals surface area contributed by atoms with Crippen LogP contribution in [0.15, 0.2) is 0 Å². The first-order valence-electron chi connectivity index (χ1n) is 6.51. The van der Waals surface area contributed by atoms with Crippen molar-refractivity contribution >= 4 is 0 Å². The Morgan fingerprint density at radius 3 is 2.13 bits per heavy atom. The zero-order chi connectivity index (χ0) is 11.6. The first-order chi connectivity index (χ1) is 6.99. The molecule has 15 heavy (non-hydrogen) atoms. The third-order valence-corrected chi connectivity index (χ3v) is 4.64. The molecule has 0 aromatic carbocycles. The van der Waals surface area contributed by atoms with Gasteiger partial charge in [0.05, 0.1) is 6.10 Å². The van der Waals surface area contributed by atoms with E-state index in [2.05, 4.69) is 34.6 Å². The molecule has 1 fully saturated rings. The Labute approximate surface area is 95.6 Å². The van der Waals surface area contributed by atoms with Gasteiger partial charge in [-0.2, -0.15) is 0 Å². The molecule has 0 radical (unpaired) electrons. The molecular weight excluding hydrogens is 184 g/mol. The van der Waals surface area contributed by atoms with E-state index in [1.54, 1.807) is 0 Å². The maximum Gasteiger partial charge on any atom is 0.0574 e. The molecule has 1 saturated carbocycles. The van der Waals surface area contributed by atoms with Crippen molar-refractivity contribution in [2.24, 2.45) is 29.6 Å². The van der Waals surface area contributed by atoms with E-state index in [0.29, 0.717) is 6.10 Å². The second-order valence-corrected chi connectivity index (χ2v) is 5.84. The minimum absolute atomic E-state index is 0.425. The molecule has 5 atom stereocenters. The van der Waals surface area contributed by atoms with Gasteiger partial charge in [-0.3, -0.25) is 0 Å². The minimum atomic E-state index is 0.425. The average Bonchev–Trinajstić information content (AvgIpc) is 2.16. The number of rotatable bonds is 3. The van der Waals surface area contributed by atoms with Crippen molar-refractivity contribution in [3.63, 3.8) is 0 Å². The third kappa shape index (κ3) is 2.75. The molecule has 0 saturated heterocycles. The van der Waals surface area contributed by atoms with Gasteiger partial charge in [-0.05, 0) is 42.9 Å². The quantitative estimate of drug-likeness (QED) is 0.687. The fraction of sp³-hybridized carbons (Fsp3) is 1.00. The molecule has 0 spiro atoms. The smallest absolute Gasteiger partial charge is 0.0574 e. The van der Waals surface area contributed by atoms with Crippen LogP contribution in [0.25, 0.3) is 0 Å². The lowest BCUT2D eigenvalue weighted by Crippen LogP contribution is -2.39. The molecule has 90 valence electrons. The van der Waals surface area contributed by atoms with Gasteiger partial charge in [0.15, 0.2) is 0 Å². The van der Waals surface area contributed by atoms with Gasteiger partial charge in [-0.25, -0.2) is 0 Å². The molecule has 0 aromatic rings. The van der Waals surface area contributed by atoms with Gasteiger partial charge in [0.2, 0.25) is 0 Å². The fourth-order valence-corrected chi connectivity index (χ4v) is 3.82. The van der Waals surface area contributed by atoms with E-state index in [0.717, 1.165) is 29.6 Å². The van der Waals surface area contributed by atoms with Crippen LogP contribution in [0, 0.1) is 29.6 Å². The Hall–Kier alpha value is -0.0400. The summed E-state index contributed by atoms with van der Waals surface area (Å²) in [4.78, 5) is 0. The van der Waals surface area contributed by atoms with Gasteiger partial charge in [-0.15, -0.1) is 0 Å². The van der Waals surface area contributed by atoms with Gasteiger partial charge in [0.25, 0.3) is 0 Å². The minimum Gasteiger partial charge on any atom is -0.381 e. The number of ether oxygens (including phenoxy) is 1. The zero-order valence-electron chi connectivity index (χ0n) is 11.3. The lowest BCUT2D eigenvalue weighted by molar-refractivity contribution is -0.0202. The first kappa shape index (κ1) is 13.0. The Balaban J connectivity index is 2.72. The molecule has 1 aliphatic rings. The first-order valence-corrected chi connectivity index (χ1v) is 6.51. The maximum atomic E-state index is 5.52. The molecule has 0 aliphatic heterocycles. The normalized spacial score (nSPS) is 39.4. The van der Waals surface area contributed by atoms with Crippen LogP contribution in [-0.2, 0) is 4.74 Å². The summed E-state index contributed by atoms with van der Waals surface area (Å²) in [6, 6.07) is 0. The van der Waals surface area contributed by atoms with Crippen LogP contribution < -0.4 is 0 Å². The second kappa shape index (κ2) is 5.34. The molecule has 1 nitrogen and oxygen atoms in total. The van der Waals surface area contributed by atoms with Crippen LogP contribution in [0.1, 0.15) is 47.5 Å². The third-order valence-electron chi connectivity index (χ3n) is 4.64. The van der Waals surface area contributed by atoms with Crippen molar-refractivity contribution in [3.05, 3.63) is 0 Å². The van der Waals surface area contributed by atoms with E-state index in [4.69, 9.17) is 4.74 Å². The molecule has 0 aromatic heterocycles. The highest BCUT2D eigenvalue weighted by Gasteiger charge is 2.38. The van der Waals surface area contributed by atoms with E-state index < -0.39 is 0 Å². The predicted molar refractivity (Wildman–Crippen MR) is 65.9 cm³/mol. The largest absolute Gasteiger partial charge is 0.381 e. The highest BCUT2D eigenvalue weighted by molar-refractivity contribution is 4.87. The van der Waals surface area contributed by atoms with Gasteiger partial charge < -0.3 is 4.74 Å². The summed E-state index contributed by atoms with van der Waals surface area (Å²) in [5.41, 5.74) is 0. The van der Waals surface area contributed by atoms with E-state index >= 15 is 0 Å². The molecule has 0 bridgehead atoms. The van der Waals surface area contributed by atoms with Gasteiger partial charge in [0.1, 0.15) is 0 Å². The van der Waals surface area contributed by atoms with Crippen LogP contribution in [0.3, 0.4) is 0 Å². The molecule has 0 heterocycles. The fourth-order valence-electron chi connectivity index (χ4n) is 3.82. The zero-order valence-corrected chi connectivity index (χ0v) is 11.3. The molecule has 0 N–H and O–H groups in total. The summed E-state index contributed by atoms with van der Waals surface area (Å²) in [5, 5.41) is 0. The van der Waals surface area contributed by atoms with Crippen molar-refractivity contribution < 1.29 is 4.74 Å². The molecule has 1 aliphatic carbocycles. The topological polar surface area (TPSA) is 9.23 Å². The monoisotopic (exact) mass is 212 g/mol. The highest BCUT2D eigenvalue weighted by Crippen LogP contribution is 2.43. The van der Waals surface area contributed by atoms with Crippen LogP contribution in [0.5, 0.6) is 0 Å². The summed E-state index contributed by atoms with van der Waals surface area (Å²) in [7, 11) is 1.85. The van der Waals surface area contributed by atoms with Crippen LogP contribution in [0.4, 0.5) is 0 Å². The predicted octanol–water partition coefficient (Wildman–Crippen LogP) is 3.98. The Kier molecular flexibility index (Phi) is 4.64. The summed E-state index contributed by atoms with van der Waals surface area (Å²) < 4.78 is 5.52.